The Hall–Kier alpha value is -1.06. The van der Waals surface area contributed by atoms with Crippen molar-refractivity contribution in [1.29, 1.82) is 0 Å². The molecule has 58 valence electrons. The van der Waals surface area contributed by atoms with Crippen molar-refractivity contribution in [2.45, 2.75) is 6.92 Å². The molecule has 0 aromatic heterocycles. The van der Waals surface area contributed by atoms with Gasteiger partial charge in [0.05, 0.1) is 0 Å². The molecule has 0 aliphatic rings. The van der Waals surface area contributed by atoms with Crippen LogP contribution in [0.5, 0.6) is 0 Å². The van der Waals surface area contributed by atoms with Gasteiger partial charge < -0.3 is 4.90 Å². The van der Waals surface area contributed by atoms with E-state index in [9.17, 15) is 9.59 Å². The van der Waals surface area contributed by atoms with E-state index < -0.39 is 0 Å². The summed E-state index contributed by atoms with van der Waals surface area (Å²) in [6, 6.07) is -0.280. The Balaban J connectivity index is 3.93. The molecule has 0 N–H and O–H groups in total. The number of amides is 3. The molecule has 3 amide bonds. The van der Waals surface area contributed by atoms with Gasteiger partial charge in [-0.2, -0.15) is 0 Å². The SMILES string of the molecule is CCN(C)C(=O)N(C)C=O. The maximum atomic E-state index is 10.9. The van der Waals surface area contributed by atoms with Crippen molar-refractivity contribution >= 4 is 12.4 Å². The molecule has 0 heterocycles. The van der Waals surface area contributed by atoms with Crippen LogP contribution in [-0.4, -0.2) is 42.9 Å². The van der Waals surface area contributed by atoms with Gasteiger partial charge in [0.15, 0.2) is 0 Å². The topological polar surface area (TPSA) is 40.6 Å². The van der Waals surface area contributed by atoms with Gasteiger partial charge >= 0.3 is 6.03 Å². The molecule has 0 aliphatic carbocycles. The van der Waals surface area contributed by atoms with E-state index >= 15 is 0 Å². The van der Waals surface area contributed by atoms with E-state index in [1.807, 2.05) is 6.92 Å². The van der Waals surface area contributed by atoms with Crippen LogP contribution < -0.4 is 0 Å². The van der Waals surface area contributed by atoms with Crippen molar-refractivity contribution in [2.24, 2.45) is 0 Å². The van der Waals surface area contributed by atoms with Crippen LogP contribution in [-0.2, 0) is 4.79 Å². The molecule has 0 atom stereocenters. The lowest BCUT2D eigenvalue weighted by molar-refractivity contribution is -0.115. The van der Waals surface area contributed by atoms with Crippen molar-refractivity contribution in [1.82, 2.24) is 9.80 Å². The van der Waals surface area contributed by atoms with E-state index in [4.69, 9.17) is 0 Å². The molecule has 0 aromatic carbocycles. The number of nitrogens with zero attached hydrogens (tertiary/aromatic N) is 2. The number of carbonyl (C=O) groups excluding carboxylic acids is 2. The van der Waals surface area contributed by atoms with Crippen molar-refractivity contribution in [3.63, 3.8) is 0 Å². The fourth-order valence-electron chi connectivity index (χ4n) is 0.450. The normalized spacial score (nSPS) is 8.70. The molecule has 0 spiro atoms. The molecule has 0 fully saturated rings. The second-order valence-corrected chi connectivity index (χ2v) is 2.01. The lowest BCUT2D eigenvalue weighted by atomic mass is 10.6. The van der Waals surface area contributed by atoms with Crippen molar-refractivity contribution in [3.8, 4) is 0 Å². The lowest BCUT2D eigenvalue weighted by Gasteiger charge is -2.18. The highest BCUT2D eigenvalue weighted by Gasteiger charge is 2.09. The first-order valence-corrected chi connectivity index (χ1v) is 3.06. The number of hydrogen-bond acceptors (Lipinski definition) is 2. The minimum Gasteiger partial charge on any atom is -0.328 e. The summed E-state index contributed by atoms with van der Waals surface area (Å²) in [5, 5.41) is 0. The van der Waals surface area contributed by atoms with E-state index in [1.165, 1.54) is 11.9 Å². The van der Waals surface area contributed by atoms with Gasteiger partial charge in [-0.15, -0.1) is 0 Å². The zero-order chi connectivity index (χ0) is 8.15. The smallest absolute Gasteiger partial charge is 0.325 e. The average molecular weight is 144 g/mol. The number of urea groups is 1. The molecule has 0 saturated heterocycles. The molecule has 0 rings (SSSR count). The number of hydrogen-bond donors (Lipinski definition) is 0. The fraction of sp³-hybridized carbons (Fsp3) is 0.667. The van der Waals surface area contributed by atoms with Crippen molar-refractivity contribution < 1.29 is 9.59 Å². The molecule has 0 unspecified atom stereocenters. The summed E-state index contributed by atoms with van der Waals surface area (Å²) in [6.45, 7) is 2.45. The third-order valence-corrected chi connectivity index (χ3v) is 1.26. The first-order valence-electron chi connectivity index (χ1n) is 3.06. The van der Waals surface area contributed by atoms with Crippen LogP contribution in [0.2, 0.25) is 0 Å². The van der Waals surface area contributed by atoms with E-state index in [0.717, 1.165) is 4.90 Å². The van der Waals surface area contributed by atoms with Crippen molar-refractivity contribution in [3.05, 3.63) is 0 Å². The van der Waals surface area contributed by atoms with Gasteiger partial charge in [-0.3, -0.25) is 9.69 Å². The van der Waals surface area contributed by atoms with Crippen LogP contribution in [0.1, 0.15) is 6.92 Å². The van der Waals surface area contributed by atoms with Gasteiger partial charge in [-0.25, -0.2) is 4.79 Å². The maximum Gasteiger partial charge on any atom is 0.325 e. The Kier molecular flexibility index (Phi) is 3.46. The second kappa shape index (κ2) is 3.87. The number of carbonyl (C=O) groups is 2. The average Bonchev–Trinajstić information content (AvgIpc) is 2.00. The Labute approximate surface area is 60.4 Å². The highest BCUT2D eigenvalue weighted by Crippen LogP contribution is 1.88. The van der Waals surface area contributed by atoms with Gasteiger partial charge in [-0.1, -0.05) is 0 Å². The summed E-state index contributed by atoms with van der Waals surface area (Å²) >= 11 is 0. The molecule has 0 saturated carbocycles. The van der Waals surface area contributed by atoms with Gasteiger partial charge in [0.1, 0.15) is 0 Å². The number of rotatable bonds is 2. The monoisotopic (exact) mass is 144 g/mol. The van der Waals surface area contributed by atoms with Gasteiger partial charge in [0, 0.05) is 20.6 Å². The van der Waals surface area contributed by atoms with E-state index in [0.29, 0.717) is 13.0 Å². The van der Waals surface area contributed by atoms with Crippen LogP contribution >= 0.6 is 0 Å². The highest BCUT2D eigenvalue weighted by atomic mass is 16.2. The maximum absolute atomic E-state index is 10.9. The summed E-state index contributed by atoms with van der Waals surface area (Å²) in [6.07, 6.45) is 0.495. The Morgan fingerprint density at radius 1 is 1.50 bits per heavy atom. The molecular weight excluding hydrogens is 132 g/mol. The van der Waals surface area contributed by atoms with Gasteiger partial charge in [0.25, 0.3) is 0 Å². The molecule has 0 aromatic rings. The van der Waals surface area contributed by atoms with Crippen molar-refractivity contribution in [2.75, 3.05) is 20.6 Å². The molecule has 0 aliphatic heterocycles. The minimum atomic E-state index is -0.280. The molecule has 10 heavy (non-hydrogen) atoms. The van der Waals surface area contributed by atoms with E-state index in [2.05, 4.69) is 0 Å². The summed E-state index contributed by atoms with van der Waals surface area (Å²) < 4.78 is 0. The minimum absolute atomic E-state index is 0.280. The quantitative estimate of drug-likeness (QED) is 0.517. The Morgan fingerprint density at radius 3 is 2.30 bits per heavy atom. The third kappa shape index (κ3) is 2.05. The standard InChI is InChI=1S/C6H12N2O2/c1-4-7(2)6(10)8(3)5-9/h5H,4H2,1-3H3. The van der Waals surface area contributed by atoms with E-state index in [1.54, 1.807) is 7.05 Å². The third-order valence-electron chi connectivity index (χ3n) is 1.26. The summed E-state index contributed by atoms with van der Waals surface area (Å²) in [5.74, 6) is 0. The zero-order valence-corrected chi connectivity index (χ0v) is 6.50. The van der Waals surface area contributed by atoms with Crippen LogP contribution in [0.4, 0.5) is 4.79 Å². The zero-order valence-electron chi connectivity index (χ0n) is 6.50. The Bertz CT molecular complexity index is 136. The van der Waals surface area contributed by atoms with Crippen LogP contribution in [0, 0.1) is 0 Å². The summed E-state index contributed by atoms with van der Waals surface area (Å²) in [5.41, 5.74) is 0. The first kappa shape index (κ1) is 8.94. The van der Waals surface area contributed by atoms with E-state index in [-0.39, 0.29) is 6.03 Å². The molecule has 4 heteroatoms. The summed E-state index contributed by atoms with van der Waals surface area (Å²) in [7, 11) is 3.07. The molecule has 0 radical (unpaired) electrons. The lowest BCUT2D eigenvalue weighted by Crippen LogP contribution is -2.37. The first-order chi connectivity index (χ1) is 4.63. The van der Waals surface area contributed by atoms with Gasteiger partial charge in [0.2, 0.25) is 6.41 Å². The highest BCUT2D eigenvalue weighted by molar-refractivity contribution is 5.84. The second-order valence-electron chi connectivity index (χ2n) is 2.01. The number of imide groups is 1. The Morgan fingerprint density at radius 2 is 2.00 bits per heavy atom. The van der Waals surface area contributed by atoms with Crippen LogP contribution in [0.3, 0.4) is 0 Å². The van der Waals surface area contributed by atoms with Crippen LogP contribution in [0.15, 0.2) is 0 Å². The largest absolute Gasteiger partial charge is 0.328 e. The fourth-order valence-corrected chi connectivity index (χ4v) is 0.450. The predicted octanol–water partition coefficient (Wildman–Crippen LogP) is 0.146. The molecule has 4 nitrogen and oxygen atoms in total. The van der Waals surface area contributed by atoms with Crippen LogP contribution in [0.25, 0.3) is 0 Å². The summed E-state index contributed by atoms with van der Waals surface area (Å²) in [4.78, 5) is 23.4. The molecule has 0 bridgehead atoms. The van der Waals surface area contributed by atoms with Gasteiger partial charge in [-0.05, 0) is 6.92 Å². The molecular formula is C6H12N2O2. The predicted molar refractivity (Wildman–Crippen MR) is 37.5 cm³/mol.